The van der Waals surface area contributed by atoms with Crippen LogP contribution in [-0.2, 0) is 40.0 Å². The van der Waals surface area contributed by atoms with E-state index in [0.717, 1.165) is 0 Å². The first-order valence-electron chi connectivity index (χ1n) is 11.7. The van der Waals surface area contributed by atoms with E-state index in [4.69, 9.17) is 15.9 Å². The number of thiol groups is 1. The molecule has 1 heterocycles. The second-order valence-electron chi connectivity index (χ2n) is 8.24. The third-order valence-electron chi connectivity index (χ3n) is 5.09. The van der Waals surface area contributed by atoms with Gasteiger partial charge in [0, 0.05) is 6.42 Å². The van der Waals surface area contributed by atoms with Crippen LogP contribution >= 0.6 is 12.6 Å². The molecule has 17 nitrogen and oxygen atoms in total. The van der Waals surface area contributed by atoms with Gasteiger partial charge in [-0.1, -0.05) is 0 Å². The molecule has 1 aromatic rings. The molecule has 0 unspecified atom stereocenters. The SMILES string of the molecule is N[C@@H](CS)C(=O)N[C@@H](C[Se])C(=O)NCC(=O)N[C@@H](Cc1cnc[nH]1)C(=O)NCC(=O)N[C@@H](CCC(=O)O)C(=O)O. The summed E-state index contributed by atoms with van der Waals surface area (Å²) in [6.07, 6.45) is 1.82. The van der Waals surface area contributed by atoms with Crippen LogP contribution in [0.4, 0.5) is 0 Å². The normalized spacial score (nSPS) is 13.6. The monoisotopic (exact) mass is 651 g/mol. The maximum absolute atomic E-state index is 12.8. The van der Waals surface area contributed by atoms with E-state index in [0.29, 0.717) is 5.69 Å². The molecular weight excluding hydrogens is 619 g/mol. The van der Waals surface area contributed by atoms with Crippen molar-refractivity contribution in [2.45, 2.75) is 48.7 Å². The fourth-order valence-electron chi connectivity index (χ4n) is 2.97. The van der Waals surface area contributed by atoms with Crippen LogP contribution in [0.15, 0.2) is 12.5 Å². The molecular formula is C21H31N8O9SSe. The van der Waals surface area contributed by atoms with Crippen molar-refractivity contribution in [3.05, 3.63) is 18.2 Å². The summed E-state index contributed by atoms with van der Waals surface area (Å²) in [6, 6.07) is -4.66. The van der Waals surface area contributed by atoms with Gasteiger partial charge in [0.15, 0.2) is 0 Å². The number of nitrogens with two attached hydrogens (primary N) is 1. The third-order valence-corrected chi connectivity index (χ3v) is 6.18. The number of H-pyrrole nitrogens is 1. The van der Waals surface area contributed by atoms with Crippen molar-refractivity contribution >= 4 is 70.1 Å². The minimum Gasteiger partial charge on any atom is -0.481 e. The predicted molar refractivity (Wildman–Crippen MR) is 141 cm³/mol. The Morgan fingerprint density at radius 2 is 1.50 bits per heavy atom. The molecule has 0 aliphatic carbocycles. The van der Waals surface area contributed by atoms with Crippen molar-refractivity contribution in [2.24, 2.45) is 5.73 Å². The van der Waals surface area contributed by atoms with Gasteiger partial charge in [-0.05, 0) is 6.42 Å². The first-order chi connectivity index (χ1) is 18.9. The molecule has 4 atom stereocenters. The van der Waals surface area contributed by atoms with Crippen LogP contribution in [0.2, 0.25) is 5.32 Å². The van der Waals surface area contributed by atoms with E-state index in [9.17, 15) is 33.6 Å². The molecule has 19 heteroatoms. The van der Waals surface area contributed by atoms with E-state index < -0.39 is 85.2 Å². The number of carbonyl (C=O) groups excluding carboxylic acids is 5. The Hall–Kier alpha value is -3.67. The standard InChI is InChI=1S/C21H31N8O9SSe/c22-11(7-39)18(34)29-14(8-40)20(36)25-6-16(31)28-13(3-10-4-23-9-26-10)19(35)24-5-15(30)27-12(21(37)38)1-2-17(32)33/h4,9,11-14,39H,1-3,5-8,22H2,(H,23,26)(H,24,35)(H,25,36)(H,27,30)(H,28,31)(H,29,34)(H,32,33)(H,37,38)/t11-,12-,13-,14-/m0/s1. The molecule has 0 aliphatic heterocycles. The molecule has 10 N–H and O–H groups in total. The Balaban J connectivity index is 2.73. The Kier molecular flexibility index (Phi) is 15.3. The minimum atomic E-state index is -1.48. The molecule has 1 aromatic heterocycles. The summed E-state index contributed by atoms with van der Waals surface area (Å²) in [4.78, 5) is 90.3. The number of rotatable bonds is 18. The van der Waals surface area contributed by atoms with Crippen molar-refractivity contribution in [2.75, 3.05) is 18.8 Å². The number of aromatic amines is 1. The minimum absolute atomic E-state index is 0.0579. The molecule has 0 spiro atoms. The molecule has 0 fully saturated rings. The van der Waals surface area contributed by atoms with Crippen molar-refractivity contribution < 1.29 is 43.8 Å². The summed E-state index contributed by atoms with van der Waals surface area (Å²) in [5.41, 5.74) is 6.03. The Morgan fingerprint density at radius 1 is 0.925 bits per heavy atom. The van der Waals surface area contributed by atoms with Crippen LogP contribution in [0.1, 0.15) is 18.5 Å². The number of nitrogens with zero attached hydrogens (tertiary/aromatic N) is 1. The molecule has 5 amide bonds. The number of hydrogen-bond acceptors (Lipinski definition) is 10. The number of carboxylic acid groups (broad SMARTS) is 2. The van der Waals surface area contributed by atoms with Crippen LogP contribution in [-0.4, -0.2) is 121 Å². The van der Waals surface area contributed by atoms with E-state index in [2.05, 4.69) is 65.2 Å². The number of aromatic nitrogens is 2. The average molecular weight is 651 g/mol. The number of aliphatic carboxylic acids is 2. The number of amides is 5. The number of nitrogens with one attached hydrogen (secondary N) is 6. The van der Waals surface area contributed by atoms with Crippen molar-refractivity contribution in [1.29, 1.82) is 0 Å². The molecule has 40 heavy (non-hydrogen) atoms. The number of imidazole rings is 1. The van der Waals surface area contributed by atoms with Gasteiger partial charge in [0.2, 0.25) is 0 Å². The van der Waals surface area contributed by atoms with E-state index in [1.165, 1.54) is 12.5 Å². The van der Waals surface area contributed by atoms with Gasteiger partial charge in [-0.2, -0.15) is 0 Å². The Labute approximate surface area is 241 Å². The second-order valence-corrected chi connectivity index (χ2v) is 9.31. The van der Waals surface area contributed by atoms with Crippen LogP contribution in [0.3, 0.4) is 0 Å². The molecule has 0 aromatic carbocycles. The van der Waals surface area contributed by atoms with Gasteiger partial charge >= 0.3 is 193 Å². The summed E-state index contributed by atoms with van der Waals surface area (Å²) >= 11 is 6.53. The summed E-state index contributed by atoms with van der Waals surface area (Å²) in [6.45, 7) is -1.22. The van der Waals surface area contributed by atoms with Gasteiger partial charge in [-0.25, -0.2) is 4.79 Å². The zero-order valence-electron chi connectivity index (χ0n) is 21.0. The molecule has 221 valence electrons. The third kappa shape index (κ3) is 12.9. The maximum atomic E-state index is 12.8. The first-order valence-corrected chi connectivity index (χ1v) is 13.5. The van der Waals surface area contributed by atoms with Crippen molar-refractivity contribution in [1.82, 2.24) is 36.6 Å². The Bertz CT molecular complexity index is 1060. The van der Waals surface area contributed by atoms with Gasteiger partial charge < -0.3 is 15.5 Å². The van der Waals surface area contributed by atoms with Gasteiger partial charge in [0.05, 0.1) is 0 Å². The topological polar surface area (TPSA) is 275 Å². The number of carbonyl (C=O) groups is 7. The fraction of sp³-hybridized carbons (Fsp3) is 0.524. The number of carboxylic acids is 2. The zero-order valence-corrected chi connectivity index (χ0v) is 23.7. The smallest absolute Gasteiger partial charge is 0.481 e. The zero-order chi connectivity index (χ0) is 30.2. The van der Waals surface area contributed by atoms with Crippen molar-refractivity contribution in [3.63, 3.8) is 0 Å². The molecule has 0 saturated carbocycles. The summed E-state index contributed by atoms with van der Waals surface area (Å²) in [5.74, 6) is -6.39. The first kappa shape index (κ1) is 34.4. The fourth-order valence-corrected chi connectivity index (χ4v) is 3.63. The van der Waals surface area contributed by atoms with Gasteiger partial charge in [-0.15, -0.1) is 0 Å². The molecule has 1 radical (unpaired) electrons. The summed E-state index contributed by atoms with van der Waals surface area (Å²) < 4.78 is 0. The van der Waals surface area contributed by atoms with Gasteiger partial charge in [-0.3, -0.25) is 9.59 Å². The predicted octanol–water partition coefficient (Wildman–Crippen LogP) is -4.57. The second kappa shape index (κ2) is 17.8. The van der Waals surface area contributed by atoms with E-state index >= 15 is 0 Å². The van der Waals surface area contributed by atoms with E-state index in [1.54, 1.807) is 0 Å². The van der Waals surface area contributed by atoms with Crippen LogP contribution < -0.4 is 32.3 Å². The quantitative estimate of drug-likeness (QED) is 0.0533. The van der Waals surface area contributed by atoms with Gasteiger partial charge in [0.1, 0.15) is 6.04 Å². The molecule has 0 aliphatic rings. The molecule has 1 rings (SSSR count). The summed E-state index contributed by atoms with van der Waals surface area (Å²) in [7, 11) is 0. The van der Waals surface area contributed by atoms with E-state index in [1.807, 2.05) is 0 Å². The van der Waals surface area contributed by atoms with Gasteiger partial charge in [0.25, 0.3) is 0 Å². The van der Waals surface area contributed by atoms with E-state index in [-0.39, 0.29) is 23.9 Å². The Morgan fingerprint density at radius 3 is 1.98 bits per heavy atom. The molecule has 0 saturated heterocycles. The summed E-state index contributed by atoms with van der Waals surface area (Å²) in [5, 5.41) is 29.5. The van der Waals surface area contributed by atoms with Crippen molar-refractivity contribution in [3.8, 4) is 0 Å². The van der Waals surface area contributed by atoms with Crippen LogP contribution in [0, 0.1) is 0 Å². The van der Waals surface area contributed by atoms with Crippen LogP contribution in [0.5, 0.6) is 0 Å². The average Bonchev–Trinajstić information content (AvgIpc) is 3.43. The van der Waals surface area contributed by atoms with Crippen LogP contribution in [0.25, 0.3) is 0 Å². The number of hydrogen-bond donors (Lipinski definition) is 10. The molecule has 0 bridgehead atoms.